The molecule has 1 heterocycles. The molecule has 5 rings (SSSR count). The normalized spacial score (nSPS) is 14.6. The number of fused-ring (bicyclic) bond motifs is 1. The van der Waals surface area contributed by atoms with E-state index < -0.39 is 10.0 Å². The molecule has 4 aromatic rings. The topological polar surface area (TPSA) is 94.2 Å². The number of carbonyl (C=O) groups excluding carboxylic acids is 1. The van der Waals surface area contributed by atoms with Gasteiger partial charge in [0, 0.05) is 58.9 Å². The van der Waals surface area contributed by atoms with Crippen LogP contribution in [0.2, 0.25) is 0 Å². The first-order valence-electron chi connectivity index (χ1n) is 19.2. The summed E-state index contributed by atoms with van der Waals surface area (Å²) in [7, 11) is -3.73. The zero-order valence-electron chi connectivity index (χ0n) is 32.3. The minimum absolute atomic E-state index is 0.149. The molecule has 10 heteroatoms. The number of nitrogens with one attached hydrogen (secondary N) is 2. The van der Waals surface area contributed by atoms with Crippen molar-refractivity contribution in [2.45, 2.75) is 71.6 Å². The second kappa shape index (κ2) is 19.5. The van der Waals surface area contributed by atoms with Gasteiger partial charge in [0.25, 0.3) is 0 Å². The van der Waals surface area contributed by atoms with Gasteiger partial charge < -0.3 is 15.0 Å². The molecular formula is C43H59N5O4S. The number of amides is 2. The van der Waals surface area contributed by atoms with Crippen molar-refractivity contribution in [3.8, 4) is 0 Å². The maximum absolute atomic E-state index is 13.8. The van der Waals surface area contributed by atoms with Crippen molar-refractivity contribution in [1.82, 2.24) is 24.7 Å². The molecule has 2 amide bonds. The van der Waals surface area contributed by atoms with Gasteiger partial charge in [0.15, 0.2) is 0 Å². The van der Waals surface area contributed by atoms with E-state index in [1.54, 1.807) is 24.3 Å². The van der Waals surface area contributed by atoms with Gasteiger partial charge in [-0.2, -0.15) is 0 Å². The number of morpholine rings is 1. The Balaban J connectivity index is 1.20. The molecule has 53 heavy (non-hydrogen) atoms. The Morgan fingerprint density at radius 3 is 2.06 bits per heavy atom. The number of hydrogen-bond acceptors (Lipinski definition) is 6. The molecule has 1 saturated heterocycles. The van der Waals surface area contributed by atoms with Crippen LogP contribution in [0, 0.1) is 11.8 Å². The summed E-state index contributed by atoms with van der Waals surface area (Å²) in [6.45, 7) is 19.2. The minimum Gasteiger partial charge on any atom is -0.379 e. The molecule has 0 saturated carbocycles. The van der Waals surface area contributed by atoms with Gasteiger partial charge in [0.05, 0.1) is 24.2 Å². The molecule has 9 nitrogen and oxygen atoms in total. The smallest absolute Gasteiger partial charge is 0.318 e. The molecule has 2 N–H and O–H groups in total. The SMILES string of the molecule is CC(C)CN(Cc1ccc(CNS(=O)(=O)c2ccc(CN(CCCN3CCOCC3)C(=O)NC(C)c3cccc4ccccc34)cc2)cc1)CC(C)C. The number of rotatable bonds is 18. The van der Waals surface area contributed by atoms with Gasteiger partial charge in [-0.15, -0.1) is 0 Å². The zero-order chi connectivity index (χ0) is 37.8. The second-order valence-corrected chi connectivity index (χ2v) is 17.0. The third-order valence-electron chi connectivity index (χ3n) is 9.67. The maximum atomic E-state index is 13.8. The zero-order valence-corrected chi connectivity index (χ0v) is 33.1. The van der Waals surface area contributed by atoms with Crippen molar-refractivity contribution in [2.75, 3.05) is 52.5 Å². The first-order valence-corrected chi connectivity index (χ1v) is 20.7. The van der Waals surface area contributed by atoms with Gasteiger partial charge in [-0.25, -0.2) is 17.9 Å². The van der Waals surface area contributed by atoms with Crippen molar-refractivity contribution >= 4 is 26.8 Å². The Bertz CT molecular complexity index is 1830. The Labute approximate surface area is 317 Å². The molecule has 0 aliphatic carbocycles. The minimum atomic E-state index is -3.73. The number of carbonyl (C=O) groups is 1. The molecule has 286 valence electrons. The van der Waals surface area contributed by atoms with Gasteiger partial charge in [0.1, 0.15) is 0 Å². The highest BCUT2D eigenvalue weighted by atomic mass is 32.2. The fourth-order valence-corrected chi connectivity index (χ4v) is 8.08. The number of nitrogens with zero attached hydrogens (tertiary/aromatic N) is 3. The Kier molecular flexibility index (Phi) is 14.9. The lowest BCUT2D eigenvalue weighted by atomic mass is 10.00. The lowest BCUT2D eigenvalue weighted by molar-refractivity contribution is 0.0364. The van der Waals surface area contributed by atoms with Crippen LogP contribution < -0.4 is 10.0 Å². The van der Waals surface area contributed by atoms with E-state index >= 15 is 0 Å². The average molecular weight is 742 g/mol. The summed E-state index contributed by atoms with van der Waals surface area (Å²) in [4.78, 5) is 20.7. The van der Waals surface area contributed by atoms with Crippen molar-refractivity contribution in [3.05, 3.63) is 113 Å². The van der Waals surface area contributed by atoms with E-state index in [2.05, 4.69) is 83.9 Å². The molecular weight excluding hydrogens is 683 g/mol. The second-order valence-electron chi connectivity index (χ2n) is 15.2. The van der Waals surface area contributed by atoms with Gasteiger partial charge in [-0.3, -0.25) is 9.80 Å². The van der Waals surface area contributed by atoms with Crippen molar-refractivity contribution in [1.29, 1.82) is 0 Å². The Hall–Kier alpha value is -3.80. The van der Waals surface area contributed by atoms with Gasteiger partial charge in [0.2, 0.25) is 10.0 Å². The van der Waals surface area contributed by atoms with Crippen LogP contribution in [0.1, 0.15) is 69.3 Å². The standard InChI is InChI=1S/C43H59N5O4S/c1-33(2)29-47(30-34(3)4)31-37-16-14-36(15-17-37)28-44-53(50,51)40-20-18-38(19-21-40)32-48(23-9-22-46-24-26-52-27-25-46)43(49)45-35(5)41-13-8-11-39-10-6-7-12-42(39)41/h6-8,10-21,33-35,44H,9,22-32H2,1-5H3,(H,45,49). The van der Waals surface area contributed by atoms with Crippen LogP contribution in [0.4, 0.5) is 4.79 Å². The first-order chi connectivity index (χ1) is 25.5. The molecule has 4 aromatic carbocycles. The van der Waals surface area contributed by atoms with Crippen LogP contribution >= 0.6 is 0 Å². The van der Waals surface area contributed by atoms with Crippen molar-refractivity contribution in [3.63, 3.8) is 0 Å². The Morgan fingerprint density at radius 1 is 0.774 bits per heavy atom. The lowest BCUT2D eigenvalue weighted by Crippen LogP contribution is -2.43. The van der Waals surface area contributed by atoms with E-state index in [0.717, 1.165) is 86.4 Å². The van der Waals surface area contributed by atoms with Crippen LogP contribution in [-0.4, -0.2) is 81.6 Å². The van der Waals surface area contributed by atoms with Gasteiger partial charge in [-0.05, 0) is 70.3 Å². The highest BCUT2D eigenvalue weighted by Crippen LogP contribution is 2.24. The fourth-order valence-electron chi connectivity index (χ4n) is 7.06. The van der Waals surface area contributed by atoms with Crippen molar-refractivity contribution < 1.29 is 17.9 Å². The average Bonchev–Trinajstić information content (AvgIpc) is 3.14. The van der Waals surface area contributed by atoms with Crippen LogP contribution in [0.15, 0.2) is 95.9 Å². The summed E-state index contributed by atoms with van der Waals surface area (Å²) in [5, 5.41) is 5.49. The number of urea groups is 1. The summed E-state index contributed by atoms with van der Waals surface area (Å²) in [6.07, 6.45) is 0.821. The monoisotopic (exact) mass is 741 g/mol. The van der Waals surface area contributed by atoms with Gasteiger partial charge >= 0.3 is 6.03 Å². The van der Waals surface area contributed by atoms with Crippen LogP contribution in [0.3, 0.4) is 0 Å². The van der Waals surface area contributed by atoms with Crippen LogP contribution in [0.25, 0.3) is 10.8 Å². The number of benzene rings is 4. The van der Waals surface area contributed by atoms with Crippen LogP contribution in [0.5, 0.6) is 0 Å². The summed E-state index contributed by atoms with van der Waals surface area (Å²) in [6, 6.07) is 29.1. The van der Waals surface area contributed by atoms with E-state index in [9.17, 15) is 13.2 Å². The molecule has 1 aliphatic rings. The largest absolute Gasteiger partial charge is 0.379 e. The third kappa shape index (κ3) is 12.4. The molecule has 1 unspecified atom stereocenters. The summed E-state index contributed by atoms with van der Waals surface area (Å²) < 4.78 is 34.9. The lowest BCUT2D eigenvalue weighted by Gasteiger charge is -2.29. The summed E-state index contributed by atoms with van der Waals surface area (Å²) in [5.74, 6) is 1.19. The van der Waals surface area contributed by atoms with E-state index in [1.165, 1.54) is 5.56 Å². The molecule has 1 atom stereocenters. The van der Waals surface area contributed by atoms with Gasteiger partial charge in [-0.1, -0.05) is 107 Å². The van der Waals surface area contributed by atoms with E-state index in [4.69, 9.17) is 4.74 Å². The highest BCUT2D eigenvalue weighted by molar-refractivity contribution is 7.89. The number of hydrogen-bond donors (Lipinski definition) is 2. The molecule has 1 aliphatic heterocycles. The molecule has 0 bridgehead atoms. The highest BCUT2D eigenvalue weighted by Gasteiger charge is 2.21. The molecule has 1 fully saturated rings. The van der Waals surface area contributed by atoms with E-state index in [1.807, 2.05) is 42.2 Å². The fraction of sp³-hybridized carbons (Fsp3) is 0.465. The van der Waals surface area contributed by atoms with Crippen LogP contribution in [-0.2, 0) is 34.4 Å². The third-order valence-corrected chi connectivity index (χ3v) is 11.1. The van der Waals surface area contributed by atoms with E-state index in [-0.39, 0.29) is 23.5 Å². The van der Waals surface area contributed by atoms with Crippen molar-refractivity contribution in [2.24, 2.45) is 11.8 Å². The molecule has 0 radical (unpaired) electrons. The molecule has 0 spiro atoms. The molecule has 0 aromatic heterocycles. The first kappa shape index (κ1) is 40.4. The summed E-state index contributed by atoms with van der Waals surface area (Å²) in [5.41, 5.74) is 4.06. The number of ether oxygens (including phenoxy) is 1. The summed E-state index contributed by atoms with van der Waals surface area (Å²) >= 11 is 0. The maximum Gasteiger partial charge on any atom is 0.318 e. The predicted molar refractivity (Wildman–Crippen MR) is 215 cm³/mol. The number of sulfonamides is 1. The predicted octanol–water partition coefficient (Wildman–Crippen LogP) is 7.43. The van der Waals surface area contributed by atoms with E-state index in [0.29, 0.717) is 24.9 Å². The quantitative estimate of drug-likeness (QED) is 0.110. The Morgan fingerprint density at radius 2 is 1.38 bits per heavy atom.